The van der Waals surface area contributed by atoms with Crippen LogP contribution < -0.4 is 0 Å². The quantitative estimate of drug-likeness (QED) is 0.615. The van der Waals surface area contributed by atoms with Crippen LogP contribution >= 0.6 is 22.7 Å². The Bertz CT molecular complexity index is 595. The van der Waals surface area contributed by atoms with Crippen LogP contribution in [0.1, 0.15) is 10.4 Å². The molecule has 0 amide bonds. The number of carbonyl (C=O) groups excluding carboxylic acids is 1. The van der Waals surface area contributed by atoms with Crippen LogP contribution in [-0.2, 0) is 9.53 Å². The zero-order valence-electron chi connectivity index (χ0n) is 8.62. The van der Waals surface area contributed by atoms with Gasteiger partial charge in [0.1, 0.15) is 0 Å². The molecule has 0 saturated heterocycles. The summed E-state index contributed by atoms with van der Waals surface area (Å²) in [5.74, 6) is 0.00563. The number of carbonyl (C=O) groups is 1. The molecule has 0 unspecified atom stereocenters. The summed E-state index contributed by atoms with van der Waals surface area (Å²) in [6.45, 7) is 0. The Morgan fingerprint density at radius 3 is 2.94 bits per heavy atom. The van der Waals surface area contributed by atoms with Gasteiger partial charge in [0.15, 0.2) is 5.70 Å². The largest absolute Gasteiger partial charge is 0.401 e. The highest BCUT2D eigenvalue weighted by atomic mass is 32.1. The molecule has 3 heterocycles. The molecule has 0 spiro atoms. The van der Waals surface area contributed by atoms with E-state index in [1.165, 1.54) is 11.3 Å². The molecule has 0 saturated carbocycles. The number of aliphatic imine (C=N–C) groups is 1. The lowest BCUT2D eigenvalue weighted by atomic mass is 10.3. The molecule has 2 aromatic heterocycles. The van der Waals surface area contributed by atoms with E-state index < -0.39 is 0 Å². The van der Waals surface area contributed by atoms with Crippen LogP contribution in [0.25, 0.3) is 6.08 Å². The van der Waals surface area contributed by atoms with E-state index in [9.17, 15) is 4.79 Å². The van der Waals surface area contributed by atoms with Gasteiger partial charge in [0.25, 0.3) is 0 Å². The SMILES string of the molecule is O=C1OC(c2cccs2)=NC1=Cc1ccsc1. The molecule has 0 aliphatic carbocycles. The average Bonchev–Trinajstić information content (AvgIpc) is 3.02. The smallest absolute Gasteiger partial charge is 0.363 e. The maximum atomic E-state index is 11.6. The number of hydrogen-bond acceptors (Lipinski definition) is 5. The average molecular weight is 261 g/mol. The number of hydrogen-bond donors (Lipinski definition) is 0. The second-order valence-electron chi connectivity index (χ2n) is 3.37. The van der Waals surface area contributed by atoms with Gasteiger partial charge in [0, 0.05) is 0 Å². The predicted octanol–water partition coefficient (Wildman–Crippen LogP) is 3.15. The molecule has 17 heavy (non-hydrogen) atoms. The molecule has 0 aromatic carbocycles. The minimum Gasteiger partial charge on any atom is -0.401 e. The molecule has 3 nitrogen and oxygen atoms in total. The minimum atomic E-state index is -0.389. The van der Waals surface area contributed by atoms with E-state index >= 15 is 0 Å². The molecule has 2 aromatic rings. The van der Waals surface area contributed by atoms with Crippen molar-refractivity contribution in [2.45, 2.75) is 0 Å². The minimum absolute atomic E-state index is 0.354. The number of ether oxygens (including phenoxy) is 1. The lowest BCUT2D eigenvalue weighted by molar-refractivity contribution is -0.129. The van der Waals surface area contributed by atoms with E-state index in [1.54, 1.807) is 17.4 Å². The molecule has 1 aliphatic rings. The van der Waals surface area contributed by atoms with Crippen molar-refractivity contribution in [1.82, 2.24) is 0 Å². The summed E-state index contributed by atoms with van der Waals surface area (Å²) in [6, 6.07) is 5.71. The van der Waals surface area contributed by atoms with E-state index in [1.807, 2.05) is 34.3 Å². The molecule has 0 atom stereocenters. The Morgan fingerprint density at radius 1 is 1.29 bits per heavy atom. The molecule has 3 rings (SSSR count). The summed E-state index contributed by atoms with van der Waals surface area (Å²) in [5, 5.41) is 5.84. The van der Waals surface area contributed by atoms with Crippen molar-refractivity contribution in [3.8, 4) is 0 Å². The lowest BCUT2D eigenvalue weighted by Crippen LogP contribution is -2.03. The van der Waals surface area contributed by atoms with Crippen molar-refractivity contribution in [3.63, 3.8) is 0 Å². The van der Waals surface area contributed by atoms with Gasteiger partial charge in [-0.1, -0.05) is 6.07 Å². The summed E-state index contributed by atoms with van der Waals surface area (Å²) in [7, 11) is 0. The van der Waals surface area contributed by atoms with E-state index in [-0.39, 0.29) is 5.97 Å². The highest BCUT2D eigenvalue weighted by Gasteiger charge is 2.24. The van der Waals surface area contributed by atoms with Crippen molar-refractivity contribution in [2.24, 2.45) is 4.99 Å². The van der Waals surface area contributed by atoms with Gasteiger partial charge >= 0.3 is 5.97 Å². The van der Waals surface area contributed by atoms with Crippen molar-refractivity contribution in [1.29, 1.82) is 0 Å². The Kier molecular flexibility index (Phi) is 2.62. The number of esters is 1. The molecule has 5 heteroatoms. The van der Waals surface area contributed by atoms with Gasteiger partial charge in [-0.15, -0.1) is 11.3 Å². The van der Waals surface area contributed by atoms with Gasteiger partial charge in [-0.2, -0.15) is 11.3 Å². The maximum absolute atomic E-state index is 11.6. The van der Waals surface area contributed by atoms with Crippen LogP contribution in [0.2, 0.25) is 0 Å². The standard InChI is InChI=1S/C12H7NO2S2/c14-12-9(6-8-3-5-16-7-8)13-11(15-12)10-2-1-4-17-10/h1-7H. The fourth-order valence-electron chi connectivity index (χ4n) is 1.43. The maximum Gasteiger partial charge on any atom is 0.363 e. The topological polar surface area (TPSA) is 38.7 Å². The monoisotopic (exact) mass is 261 g/mol. The molecular weight excluding hydrogens is 254 g/mol. The van der Waals surface area contributed by atoms with Crippen LogP contribution in [-0.4, -0.2) is 11.9 Å². The first-order valence-electron chi connectivity index (χ1n) is 4.91. The number of nitrogens with zero attached hydrogens (tertiary/aromatic N) is 1. The van der Waals surface area contributed by atoms with Crippen molar-refractivity contribution < 1.29 is 9.53 Å². The third-order valence-electron chi connectivity index (χ3n) is 2.20. The molecule has 84 valence electrons. The van der Waals surface area contributed by atoms with Gasteiger partial charge in [-0.3, -0.25) is 0 Å². The van der Waals surface area contributed by atoms with Gasteiger partial charge in [0.05, 0.1) is 4.88 Å². The highest BCUT2D eigenvalue weighted by Crippen LogP contribution is 2.21. The second kappa shape index (κ2) is 4.27. The summed E-state index contributed by atoms with van der Waals surface area (Å²) in [5.41, 5.74) is 1.32. The summed E-state index contributed by atoms with van der Waals surface area (Å²) >= 11 is 3.08. The van der Waals surface area contributed by atoms with Crippen LogP contribution in [0.4, 0.5) is 0 Å². The molecule has 0 N–H and O–H groups in total. The van der Waals surface area contributed by atoms with Gasteiger partial charge in [-0.05, 0) is 39.9 Å². The molecular formula is C12H7NO2S2. The zero-order valence-corrected chi connectivity index (χ0v) is 10.3. The fourth-order valence-corrected chi connectivity index (χ4v) is 2.70. The van der Waals surface area contributed by atoms with Crippen LogP contribution in [0.3, 0.4) is 0 Å². The van der Waals surface area contributed by atoms with E-state index in [2.05, 4.69) is 4.99 Å². The Labute approximate surface area is 106 Å². The van der Waals surface area contributed by atoms with Crippen LogP contribution in [0.5, 0.6) is 0 Å². The number of thiophene rings is 2. The van der Waals surface area contributed by atoms with Crippen molar-refractivity contribution >= 4 is 40.6 Å². The highest BCUT2D eigenvalue weighted by molar-refractivity contribution is 7.12. The third kappa shape index (κ3) is 2.07. The van der Waals surface area contributed by atoms with Crippen LogP contribution in [0, 0.1) is 0 Å². The van der Waals surface area contributed by atoms with Crippen molar-refractivity contribution in [2.75, 3.05) is 0 Å². The Hall–Kier alpha value is -1.72. The molecule has 0 fully saturated rings. The van der Waals surface area contributed by atoms with Crippen LogP contribution in [0.15, 0.2) is 45.0 Å². The normalized spacial score (nSPS) is 17.3. The predicted molar refractivity (Wildman–Crippen MR) is 69.2 cm³/mol. The summed E-state index contributed by atoms with van der Waals surface area (Å²) in [6.07, 6.45) is 1.74. The molecule has 0 bridgehead atoms. The number of rotatable bonds is 2. The fraction of sp³-hybridized carbons (Fsp3) is 0. The van der Waals surface area contributed by atoms with Gasteiger partial charge in [0.2, 0.25) is 5.90 Å². The summed E-state index contributed by atoms with van der Waals surface area (Å²) in [4.78, 5) is 16.7. The Balaban J connectivity index is 1.95. The second-order valence-corrected chi connectivity index (χ2v) is 5.10. The van der Waals surface area contributed by atoms with Gasteiger partial charge < -0.3 is 4.74 Å². The van der Waals surface area contributed by atoms with Crippen molar-refractivity contribution in [3.05, 3.63) is 50.5 Å². The van der Waals surface area contributed by atoms with E-state index in [4.69, 9.17) is 4.74 Å². The molecule has 1 aliphatic heterocycles. The van der Waals surface area contributed by atoms with Gasteiger partial charge in [-0.25, -0.2) is 9.79 Å². The third-order valence-corrected chi connectivity index (χ3v) is 3.76. The van der Waals surface area contributed by atoms with E-state index in [0.717, 1.165) is 10.4 Å². The lowest BCUT2D eigenvalue weighted by Gasteiger charge is -1.92. The Morgan fingerprint density at radius 2 is 2.24 bits per heavy atom. The molecule has 0 radical (unpaired) electrons. The summed E-state index contributed by atoms with van der Waals surface area (Å²) < 4.78 is 5.12. The first-order valence-corrected chi connectivity index (χ1v) is 6.74. The zero-order chi connectivity index (χ0) is 11.7. The first-order chi connectivity index (χ1) is 8.33. The van der Waals surface area contributed by atoms with E-state index in [0.29, 0.717) is 11.6 Å². The first kappa shape index (κ1) is 10.4. The number of cyclic esters (lactones) is 1.